The van der Waals surface area contributed by atoms with Crippen molar-refractivity contribution in [3.8, 4) is 0 Å². The molecule has 0 aliphatic carbocycles. The fourth-order valence-corrected chi connectivity index (χ4v) is 3.42. The Morgan fingerprint density at radius 1 is 1.11 bits per heavy atom. The highest BCUT2D eigenvalue weighted by molar-refractivity contribution is 5.90. The normalized spacial score (nSPS) is 13.9. The maximum Gasteiger partial charge on any atom is 0.275 e. The summed E-state index contributed by atoms with van der Waals surface area (Å²) in [5, 5.41) is 8.16. The molecule has 7 heteroatoms. The van der Waals surface area contributed by atoms with E-state index in [9.17, 15) is 14.4 Å². The number of nitrogens with zero attached hydrogens (tertiary/aromatic N) is 3. The van der Waals surface area contributed by atoms with Crippen molar-refractivity contribution >= 4 is 28.3 Å². The lowest BCUT2D eigenvalue weighted by Crippen LogP contribution is -2.29. The summed E-state index contributed by atoms with van der Waals surface area (Å²) in [4.78, 5) is 38.5. The maximum atomic E-state index is 12.5. The number of hydrogen-bond acceptors (Lipinski definition) is 4. The van der Waals surface area contributed by atoms with Crippen LogP contribution in [0, 0.1) is 0 Å². The summed E-state index contributed by atoms with van der Waals surface area (Å²) in [6, 6.07) is 14.5. The van der Waals surface area contributed by atoms with Gasteiger partial charge in [0.05, 0.1) is 11.6 Å². The standard InChI is InChI=1S/C21H20N4O3/c26-19(14-25-21(28)18-8-2-1-6-16(18)12-22-25)23-17-7-3-5-15(11-17)13-24-10-4-9-20(24)27/h1-3,5-8,11-12H,4,9-10,13-14H2,(H,23,26). The van der Waals surface area contributed by atoms with E-state index >= 15 is 0 Å². The Labute approximate surface area is 161 Å². The molecule has 0 bridgehead atoms. The molecule has 1 saturated heterocycles. The number of nitrogens with one attached hydrogen (secondary N) is 1. The molecule has 1 aliphatic heterocycles. The third-order valence-electron chi connectivity index (χ3n) is 4.81. The van der Waals surface area contributed by atoms with E-state index in [0.717, 1.165) is 28.6 Å². The molecule has 2 heterocycles. The van der Waals surface area contributed by atoms with Gasteiger partial charge in [-0.3, -0.25) is 14.4 Å². The van der Waals surface area contributed by atoms with Gasteiger partial charge in [0, 0.05) is 30.6 Å². The minimum atomic E-state index is -0.334. The number of aromatic nitrogens is 2. The van der Waals surface area contributed by atoms with Gasteiger partial charge in [-0.2, -0.15) is 5.10 Å². The highest BCUT2D eigenvalue weighted by Gasteiger charge is 2.20. The minimum Gasteiger partial charge on any atom is -0.338 e. The van der Waals surface area contributed by atoms with Crippen molar-refractivity contribution in [2.45, 2.75) is 25.9 Å². The number of benzene rings is 2. The molecule has 1 aromatic heterocycles. The number of hydrogen-bond donors (Lipinski definition) is 1. The van der Waals surface area contributed by atoms with Gasteiger partial charge in [0.15, 0.2) is 0 Å². The summed E-state index contributed by atoms with van der Waals surface area (Å²) in [6.07, 6.45) is 3.07. The van der Waals surface area contributed by atoms with Gasteiger partial charge in [-0.15, -0.1) is 0 Å². The highest BCUT2D eigenvalue weighted by Crippen LogP contribution is 2.17. The second-order valence-corrected chi connectivity index (χ2v) is 6.86. The van der Waals surface area contributed by atoms with Crippen LogP contribution in [0.3, 0.4) is 0 Å². The summed E-state index contributed by atoms with van der Waals surface area (Å²) in [6.45, 7) is 1.14. The average Bonchev–Trinajstić information content (AvgIpc) is 3.09. The summed E-state index contributed by atoms with van der Waals surface area (Å²) in [7, 11) is 0. The molecular formula is C21H20N4O3. The number of carbonyl (C=O) groups excluding carboxylic acids is 2. The molecule has 0 atom stereocenters. The van der Waals surface area contributed by atoms with Crippen LogP contribution < -0.4 is 10.9 Å². The van der Waals surface area contributed by atoms with Crippen molar-refractivity contribution in [1.82, 2.24) is 14.7 Å². The monoisotopic (exact) mass is 376 g/mol. The van der Waals surface area contributed by atoms with Crippen LogP contribution in [0.4, 0.5) is 5.69 Å². The molecule has 0 spiro atoms. The van der Waals surface area contributed by atoms with Crippen molar-refractivity contribution in [1.29, 1.82) is 0 Å². The molecule has 3 aromatic rings. The van der Waals surface area contributed by atoms with E-state index in [0.29, 0.717) is 24.0 Å². The van der Waals surface area contributed by atoms with Crippen molar-refractivity contribution in [3.05, 3.63) is 70.6 Å². The van der Waals surface area contributed by atoms with Gasteiger partial charge in [0.2, 0.25) is 11.8 Å². The van der Waals surface area contributed by atoms with Gasteiger partial charge in [0.1, 0.15) is 6.54 Å². The van der Waals surface area contributed by atoms with E-state index in [-0.39, 0.29) is 23.9 Å². The molecule has 7 nitrogen and oxygen atoms in total. The van der Waals surface area contributed by atoms with Crippen LogP contribution >= 0.6 is 0 Å². The fraction of sp³-hybridized carbons (Fsp3) is 0.238. The molecule has 1 fully saturated rings. The van der Waals surface area contributed by atoms with Crippen molar-refractivity contribution < 1.29 is 9.59 Å². The molecule has 2 amide bonds. The number of carbonyl (C=O) groups is 2. The van der Waals surface area contributed by atoms with Crippen LogP contribution in [0.5, 0.6) is 0 Å². The quantitative estimate of drug-likeness (QED) is 0.740. The van der Waals surface area contributed by atoms with Crippen LogP contribution in [0.1, 0.15) is 18.4 Å². The SMILES string of the molecule is O=C(Cn1ncc2ccccc2c1=O)Nc1cccc(CN2CCCC2=O)c1. The lowest BCUT2D eigenvalue weighted by atomic mass is 10.2. The zero-order chi connectivity index (χ0) is 19.5. The first kappa shape index (κ1) is 17.9. The predicted molar refractivity (Wildman–Crippen MR) is 106 cm³/mol. The van der Waals surface area contributed by atoms with Gasteiger partial charge < -0.3 is 10.2 Å². The van der Waals surface area contributed by atoms with Crippen molar-refractivity contribution in [3.63, 3.8) is 0 Å². The molecule has 0 unspecified atom stereocenters. The van der Waals surface area contributed by atoms with Crippen molar-refractivity contribution in [2.24, 2.45) is 0 Å². The first-order valence-corrected chi connectivity index (χ1v) is 9.21. The summed E-state index contributed by atoms with van der Waals surface area (Å²) in [5.74, 6) is -0.171. The van der Waals surface area contributed by atoms with Gasteiger partial charge in [-0.25, -0.2) is 4.68 Å². The van der Waals surface area contributed by atoms with Gasteiger partial charge >= 0.3 is 0 Å². The number of rotatable bonds is 5. The Balaban J connectivity index is 1.45. The summed E-state index contributed by atoms with van der Waals surface area (Å²) >= 11 is 0. The Hall–Kier alpha value is -3.48. The van der Waals surface area contributed by atoms with E-state index in [1.807, 2.05) is 35.2 Å². The summed E-state index contributed by atoms with van der Waals surface area (Å²) in [5.41, 5.74) is 1.28. The molecule has 28 heavy (non-hydrogen) atoms. The van der Waals surface area contributed by atoms with E-state index in [2.05, 4.69) is 10.4 Å². The lowest BCUT2D eigenvalue weighted by Gasteiger charge is -2.16. The Kier molecular flexibility index (Phi) is 4.89. The van der Waals surface area contributed by atoms with Crippen LogP contribution in [-0.4, -0.2) is 33.0 Å². The number of likely N-dealkylation sites (tertiary alicyclic amines) is 1. The molecule has 2 aromatic carbocycles. The van der Waals surface area contributed by atoms with Gasteiger partial charge in [-0.05, 0) is 30.2 Å². The molecular weight excluding hydrogens is 356 g/mol. The largest absolute Gasteiger partial charge is 0.338 e. The van der Waals surface area contributed by atoms with Gasteiger partial charge in [0.25, 0.3) is 5.56 Å². The molecule has 1 N–H and O–H groups in total. The van der Waals surface area contributed by atoms with E-state index in [1.54, 1.807) is 24.4 Å². The van der Waals surface area contributed by atoms with E-state index < -0.39 is 0 Å². The molecule has 4 rings (SSSR count). The second kappa shape index (κ2) is 7.64. The molecule has 1 aliphatic rings. The molecule has 0 radical (unpaired) electrons. The first-order valence-electron chi connectivity index (χ1n) is 9.21. The topological polar surface area (TPSA) is 84.3 Å². The third-order valence-corrected chi connectivity index (χ3v) is 4.81. The average molecular weight is 376 g/mol. The number of anilines is 1. The van der Waals surface area contributed by atoms with Gasteiger partial charge in [-0.1, -0.05) is 30.3 Å². The second-order valence-electron chi connectivity index (χ2n) is 6.86. The van der Waals surface area contributed by atoms with Crippen LogP contribution in [0.15, 0.2) is 59.5 Å². The Bertz CT molecular complexity index is 1110. The highest BCUT2D eigenvalue weighted by atomic mass is 16.2. The third kappa shape index (κ3) is 3.78. The van der Waals surface area contributed by atoms with Crippen LogP contribution in [0.25, 0.3) is 10.8 Å². The number of amides is 2. The maximum absolute atomic E-state index is 12.5. The zero-order valence-corrected chi connectivity index (χ0v) is 15.3. The van der Waals surface area contributed by atoms with Crippen molar-refractivity contribution in [2.75, 3.05) is 11.9 Å². The van der Waals surface area contributed by atoms with Crippen LogP contribution in [0.2, 0.25) is 0 Å². The fourth-order valence-electron chi connectivity index (χ4n) is 3.42. The summed E-state index contributed by atoms with van der Waals surface area (Å²) < 4.78 is 1.16. The first-order chi connectivity index (χ1) is 13.6. The zero-order valence-electron chi connectivity index (χ0n) is 15.3. The smallest absolute Gasteiger partial charge is 0.275 e. The lowest BCUT2D eigenvalue weighted by molar-refractivity contribution is -0.128. The molecule has 142 valence electrons. The van der Waals surface area contributed by atoms with Crippen LogP contribution in [-0.2, 0) is 22.7 Å². The predicted octanol–water partition coefficient (Wildman–Crippen LogP) is 2.16. The number of fused-ring (bicyclic) bond motifs is 1. The minimum absolute atomic E-state index is 0.163. The Morgan fingerprint density at radius 3 is 2.79 bits per heavy atom. The Morgan fingerprint density at radius 2 is 1.96 bits per heavy atom. The van der Waals surface area contributed by atoms with E-state index in [4.69, 9.17) is 0 Å². The molecule has 0 saturated carbocycles. The van der Waals surface area contributed by atoms with E-state index in [1.165, 1.54) is 0 Å².